The minimum atomic E-state index is -0.221. The van der Waals surface area contributed by atoms with Gasteiger partial charge in [-0.3, -0.25) is 9.48 Å². The number of hydrogen-bond donors (Lipinski definition) is 0. The van der Waals surface area contributed by atoms with Crippen LogP contribution in [0, 0.1) is 12.7 Å². The predicted octanol–water partition coefficient (Wildman–Crippen LogP) is 3.02. The molecule has 0 unspecified atom stereocenters. The van der Waals surface area contributed by atoms with Gasteiger partial charge in [-0.15, -0.1) is 0 Å². The number of aryl methyl sites for hydroxylation is 2. The van der Waals surface area contributed by atoms with Crippen molar-refractivity contribution >= 4 is 5.91 Å². The second-order valence-corrected chi connectivity index (χ2v) is 6.09. The molecular weight excluding hydrogens is 281 g/mol. The van der Waals surface area contributed by atoms with Crippen molar-refractivity contribution in [1.29, 1.82) is 0 Å². The Morgan fingerprint density at radius 1 is 1.36 bits per heavy atom. The van der Waals surface area contributed by atoms with Gasteiger partial charge in [0.15, 0.2) is 0 Å². The number of carbonyl (C=O) groups is 1. The summed E-state index contributed by atoms with van der Waals surface area (Å²) >= 11 is 0. The first-order valence-electron chi connectivity index (χ1n) is 7.49. The lowest BCUT2D eigenvalue weighted by molar-refractivity contribution is 0.0579. The number of rotatable bonds is 1. The Labute approximate surface area is 129 Å². The van der Waals surface area contributed by atoms with Gasteiger partial charge in [-0.2, -0.15) is 5.10 Å². The van der Waals surface area contributed by atoms with Gasteiger partial charge in [-0.05, 0) is 50.5 Å². The topological polar surface area (TPSA) is 38.1 Å². The summed E-state index contributed by atoms with van der Waals surface area (Å²) in [5.41, 5.74) is 3.38. The van der Waals surface area contributed by atoms with Gasteiger partial charge in [-0.25, -0.2) is 4.39 Å². The summed E-state index contributed by atoms with van der Waals surface area (Å²) in [4.78, 5) is 14.8. The molecule has 2 atom stereocenters. The number of hydrogen-bond acceptors (Lipinski definition) is 2. The largest absolute Gasteiger partial charge is 0.329 e. The first-order chi connectivity index (χ1) is 10.4. The molecule has 0 N–H and O–H groups in total. The smallest absolute Gasteiger partial charge is 0.258 e. The highest BCUT2D eigenvalue weighted by molar-refractivity contribution is 5.95. The van der Waals surface area contributed by atoms with E-state index in [1.807, 2.05) is 32.7 Å². The molecule has 1 aliphatic heterocycles. The zero-order chi connectivity index (χ0) is 16.0. The van der Waals surface area contributed by atoms with Crippen molar-refractivity contribution in [3.8, 4) is 0 Å². The lowest BCUT2D eigenvalue weighted by Gasteiger charge is -2.40. The molecule has 0 saturated heterocycles. The van der Waals surface area contributed by atoms with Gasteiger partial charge in [-0.1, -0.05) is 6.07 Å². The van der Waals surface area contributed by atoms with Crippen molar-refractivity contribution in [1.82, 2.24) is 14.7 Å². The highest BCUT2D eigenvalue weighted by Gasteiger charge is 2.34. The second-order valence-electron chi connectivity index (χ2n) is 6.09. The van der Waals surface area contributed by atoms with Crippen LogP contribution in [0.25, 0.3) is 0 Å². The van der Waals surface area contributed by atoms with Gasteiger partial charge in [0, 0.05) is 19.3 Å². The zero-order valence-corrected chi connectivity index (χ0v) is 13.3. The van der Waals surface area contributed by atoms with Crippen LogP contribution in [0.15, 0.2) is 24.4 Å². The standard InChI is InChI=1S/C17H20FN3O/c1-10-7-13-8-14(18)5-6-15(13)12(3)21(10)17(22)16-9-20(4)19-11(16)2/h5-6,8-10,12H,7H2,1-4H3/t10-,12+/m0/s1. The molecular formula is C17H20FN3O. The first-order valence-corrected chi connectivity index (χ1v) is 7.49. The monoisotopic (exact) mass is 301 g/mol. The van der Waals surface area contributed by atoms with Gasteiger partial charge >= 0.3 is 0 Å². The Hall–Kier alpha value is -2.17. The molecule has 1 aromatic heterocycles. The van der Waals surface area contributed by atoms with E-state index in [1.165, 1.54) is 6.07 Å². The summed E-state index contributed by atoms with van der Waals surface area (Å²) in [6.45, 7) is 5.85. The van der Waals surface area contributed by atoms with Crippen LogP contribution in [-0.2, 0) is 13.5 Å². The zero-order valence-electron chi connectivity index (χ0n) is 13.3. The summed E-state index contributed by atoms with van der Waals surface area (Å²) in [5.74, 6) is -0.235. The second kappa shape index (κ2) is 5.23. The van der Waals surface area contributed by atoms with Gasteiger partial charge in [0.25, 0.3) is 5.91 Å². The maximum atomic E-state index is 13.4. The van der Waals surface area contributed by atoms with E-state index in [0.29, 0.717) is 12.0 Å². The minimum absolute atomic E-state index is 0.0134. The fourth-order valence-corrected chi connectivity index (χ4v) is 3.43. The van der Waals surface area contributed by atoms with Crippen molar-refractivity contribution < 1.29 is 9.18 Å². The third-order valence-electron chi connectivity index (χ3n) is 4.44. The molecule has 0 aliphatic carbocycles. The normalized spacial score (nSPS) is 20.9. The molecule has 4 nitrogen and oxygen atoms in total. The number of halogens is 1. The first kappa shape index (κ1) is 14.8. The molecule has 1 amide bonds. The van der Waals surface area contributed by atoms with Gasteiger partial charge in [0.1, 0.15) is 5.82 Å². The highest BCUT2D eigenvalue weighted by atomic mass is 19.1. The molecule has 0 radical (unpaired) electrons. The summed E-state index contributed by atoms with van der Waals surface area (Å²) in [6, 6.07) is 4.78. The average Bonchev–Trinajstić information content (AvgIpc) is 2.77. The molecule has 2 heterocycles. The van der Waals surface area contributed by atoms with Crippen LogP contribution < -0.4 is 0 Å². The Morgan fingerprint density at radius 2 is 2.09 bits per heavy atom. The van der Waals surface area contributed by atoms with E-state index < -0.39 is 0 Å². The van der Waals surface area contributed by atoms with E-state index in [4.69, 9.17) is 0 Å². The van der Waals surface area contributed by atoms with E-state index in [9.17, 15) is 9.18 Å². The number of aromatic nitrogens is 2. The molecule has 1 aromatic carbocycles. The highest BCUT2D eigenvalue weighted by Crippen LogP contribution is 2.34. The van der Waals surface area contributed by atoms with Crippen molar-refractivity contribution in [2.75, 3.05) is 0 Å². The SMILES string of the molecule is Cc1nn(C)cc1C(=O)N1[C@H](C)c2ccc(F)cc2C[C@@H]1C. The van der Waals surface area contributed by atoms with Crippen molar-refractivity contribution in [3.05, 3.63) is 52.6 Å². The summed E-state index contributed by atoms with van der Waals surface area (Å²) in [7, 11) is 1.81. The molecule has 116 valence electrons. The van der Waals surface area contributed by atoms with Crippen LogP contribution in [0.3, 0.4) is 0 Å². The number of nitrogens with zero attached hydrogens (tertiary/aromatic N) is 3. The molecule has 5 heteroatoms. The van der Waals surface area contributed by atoms with Crippen LogP contribution in [0.4, 0.5) is 4.39 Å². The molecule has 3 rings (SSSR count). The fraction of sp³-hybridized carbons (Fsp3) is 0.412. The fourth-order valence-electron chi connectivity index (χ4n) is 3.43. The molecule has 0 bridgehead atoms. The quantitative estimate of drug-likeness (QED) is 0.812. The Kier molecular flexibility index (Phi) is 3.51. The van der Waals surface area contributed by atoms with E-state index in [2.05, 4.69) is 5.10 Å². The maximum Gasteiger partial charge on any atom is 0.258 e. The number of carbonyl (C=O) groups excluding carboxylic acids is 1. The number of benzene rings is 1. The summed E-state index contributed by atoms with van der Waals surface area (Å²) in [6.07, 6.45) is 2.43. The van der Waals surface area contributed by atoms with Crippen LogP contribution in [0.1, 0.15) is 47.1 Å². The van der Waals surface area contributed by atoms with Gasteiger partial charge in [0.2, 0.25) is 0 Å². The minimum Gasteiger partial charge on any atom is -0.329 e. The molecule has 0 spiro atoms. The average molecular weight is 301 g/mol. The van der Waals surface area contributed by atoms with Crippen LogP contribution in [-0.4, -0.2) is 26.6 Å². The van der Waals surface area contributed by atoms with Crippen molar-refractivity contribution in [2.45, 2.75) is 39.3 Å². The lowest BCUT2D eigenvalue weighted by atomic mass is 9.89. The van der Waals surface area contributed by atoms with Gasteiger partial charge < -0.3 is 4.90 Å². The van der Waals surface area contributed by atoms with Crippen molar-refractivity contribution in [2.24, 2.45) is 7.05 Å². The Balaban J connectivity index is 1.99. The molecule has 0 fully saturated rings. The van der Waals surface area contributed by atoms with E-state index in [1.54, 1.807) is 23.0 Å². The lowest BCUT2D eigenvalue weighted by Crippen LogP contribution is -2.45. The molecule has 2 aromatic rings. The number of amides is 1. The van der Waals surface area contributed by atoms with Gasteiger partial charge in [0.05, 0.1) is 17.3 Å². The molecule has 22 heavy (non-hydrogen) atoms. The third kappa shape index (κ3) is 2.30. The summed E-state index contributed by atoms with van der Waals surface area (Å²) < 4.78 is 15.1. The summed E-state index contributed by atoms with van der Waals surface area (Å²) in [5, 5.41) is 4.25. The van der Waals surface area contributed by atoms with Crippen LogP contribution in [0.2, 0.25) is 0 Å². The molecule has 1 aliphatic rings. The van der Waals surface area contributed by atoms with E-state index in [-0.39, 0.29) is 23.8 Å². The van der Waals surface area contributed by atoms with Crippen molar-refractivity contribution in [3.63, 3.8) is 0 Å². The Morgan fingerprint density at radius 3 is 2.73 bits per heavy atom. The van der Waals surface area contributed by atoms with E-state index in [0.717, 1.165) is 16.8 Å². The van der Waals surface area contributed by atoms with Crippen LogP contribution in [0.5, 0.6) is 0 Å². The number of fused-ring (bicyclic) bond motifs is 1. The maximum absolute atomic E-state index is 13.4. The molecule has 0 saturated carbocycles. The van der Waals surface area contributed by atoms with Crippen LogP contribution >= 0.6 is 0 Å². The predicted molar refractivity (Wildman–Crippen MR) is 82.1 cm³/mol. The van der Waals surface area contributed by atoms with E-state index >= 15 is 0 Å². The third-order valence-corrected chi connectivity index (χ3v) is 4.44. The Bertz CT molecular complexity index is 738.